The molecule has 0 spiro atoms. The lowest BCUT2D eigenvalue weighted by molar-refractivity contribution is 0.0234. The molecule has 5 saturated carbocycles. The minimum absolute atomic E-state index is 0.127. The summed E-state index contributed by atoms with van der Waals surface area (Å²) in [6.45, 7) is 0.312. The third kappa shape index (κ3) is 19.1. The smallest absolute Gasteiger partial charge is 0.0509 e. The molecule has 2 nitrogen and oxygen atoms in total. The van der Waals surface area contributed by atoms with Crippen molar-refractivity contribution in [2.45, 2.75) is 186 Å². The molecule has 0 heterocycles. The van der Waals surface area contributed by atoms with E-state index in [1.807, 2.05) is 0 Å². The minimum atomic E-state index is -0.127. The third-order valence-electron chi connectivity index (χ3n) is 8.59. The van der Waals surface area contributed by atoms with Crippen LogP contribution in [-0.2, 0) is 0 Å². The Hall–Kier alpha value is -0.0800. The first-order valence-electron chi connectivity index (χ1n) is 16.0. The van der Waals surface area contributed by atoms with Gasteiger partial charge in [-0.25, -0.2) is 0 Å². The molecule has 0 amide bonds. The van der Waals surface area contributed by atoms with Crippen molar-refractivity contribution in [1.29, 1.82) is 0 Å². The summed E-state index contributed by atoms with van der Waals surface area (Å²) in [6.07, 6.45) is 41.6. The van der Waals surface area contributed by atoms with E-state index in [0.29, 0.717) is 0 Å². The van der Waals surface area contributed by atoms with Crippen LogP contribution in [0.25, 0.3) is 0 Å². The molecule has 0 unspecified atom stereocenters. The van der Waals surface area contributed by atoms with E-state index >= 15 is 0 Å². The van der Waals surface area contributed by atoms with Crippen molar-refractivity contribution < 1.29 is 10.2 Å². The quantitative estimate of drug-likeness (QED) is 0.412. The molecule has 0 aromatic carbocycles. The van der Waals surface area contributed by atoms with Crippen LogP contribution in [0.4, 0.5) is 0 Å². The lowest BCUT2D eigenvalue weighted by Crippen LogP contribution is -2.31. The monoisotopic (exact) mass is 480 g/mol. The van der Waals surface area contributed by atoms with E-state index in [1.54, 1.807) is 0 Å². The van der Waals surface area contributed by atoms with Gasteiger partial charge in [0.25, 0.3) is 0 Å². The maximum atomic E-state index is 8.98. The summed E-state index contributed by atoms with van der Waals surface area (Å²) in [4.78, 5) is 0. The summed E-state index contributed by atoms with van der Waals surface area (Å²) in [7, 11) is 0. The number of hydrogen-bond donors (Lipinski definition) is 2. The zero-order valence-electron chi connectivity index (χ0n) is 23.3. The first-order valence-corrected chi connectivity index (χ1v) is 16.0. The molecular weight excluding hydrogens is 416 g/mol. The molecule has 204 valence electrons. The van der Waals surface area contributed by atoms with E-state index in [9.17, 15) is 0 Å². The topological polar surface area (TPSA) is 40.5 Å². The minimum Gasteiger partial charge on any atom is -0.396 e. The second kappa shape index (κ2) is 24.6. The Kier molecular flexibility index (Phi) is 23.1. The van der Waals surface area contributed by atoms with E-state index < -0.39 is 0 Å². The fourth-order valence-corrected chi connectivity index (χ4v) is 5.91. The molecule has 0 radical (unpaired) electrons. The van der Waals surface area contributed by atoms with Crippen molar-refractivity contribution in [1.82, 2.24) is 0 Å². The molecule has 0 saturated heterocycles. The van der Waals surface area contributed by atoms with Gasteiger partial charge >= 0.3 is 0 Å². The number of hydrogen-bond acceptors (Lipinski definition) is 2. The lowest BCUT2D eigenvalue weighted by atomic mass is 9.75. The van der Waals surface area contributed by atoms with Gasteiger partial charge in [0.05, 0.1) is 13.2 Å². The first kappa shape index (κ1) is 31.9. The Morgan fingerprint density at radius 2 is 0.412 bits per heavy atom. The molecule has 0 aromatic rings. The van der Waals surface area contributed by atoms with Gasteiger partial charge in [-0.15, -0.1) is 0 Å². The first-order chi connectivity index (χ1) is 16.8. The summed E-state index contributed by atoms with van der Waals surface area (Å²) < 4.78 is 0. The molecule has 5 fully saturated rings. The highest BCUT2D eigenvalue weighted by Gasteiger charge is 2.30. The summed E-state index contributed by atoms with van der Waals surface area (Å²) in [6, 6.07) is 0. The Bertz CT molecular complexity index is 272. The predicted octanol–water partition coefficient (Wildman–Crippen LogP) is 10.3. The predicted molar refractivity (Wildman–Crippen MR) is 150 cm³/mol. The number of rotatable bonds is 2. The Balaban J connectivity index is 0.000000217. The number of aliphatic hydroxyl groups is 2. The maximum absolute atomic E-state index is 8.98. The highest BCUT2D eigenvalue weighted by atomic mass is 16.3. The van der Waals surface area contributed by atoms with E-state index in [0.717, 1.165) is 12.8 Å². The van der Waals surface area contributed by atoms with Gasteiger partial charge in [-0.05, 0) is 12.8 Å². The largest absolute Gasteiger partial charge is 0.396 e. The second-order valence-electron chi connectivity index (χ2n) is 11.9. The van der Waals surface area contributed by atoms with Crippen LogP contribution in [-0.4, -0.2) is 23.4 Å². The van der Waals surface area contributed by atoms with E-state index in [1.165, 1.54) is 173 Å². The van der Waals surface area contributed by atoms with Gasteiger partial charge in [-0.3, -0.25) is 0 Å². The van der Waals surface area contributed by atoms with Crippen LogP contribution in [0.2, 0.25) is 0 Å². The van der Waals surface area contributed by atoms with Gasteiger partial charge in [-0.2, -0.15) is 0 Å². The molecule has 0 aromatic heterocycles. The van der Waals surface area contributed by atoms with Gasteiger partial charge in [0.15, 0.2) is 0 Å². The normalized spacial score (nSPS) is 24.2. The average molecular weight is 481 g/mol. The zero-order valence-corrected chi connectivity index (χ0v) is 23.3. The second-order valence-corrected chi connectivity index (χ2v) is 11.9. The molecule has 0 aliphatic heterocycles. The summed E-state index contributed by atoms with van der Waals surface area (Å²) in [5.74, 6) is 0. The Morgan fingerprint density at radius 3 is 0.529 bits per heavy atom. The van der Waals surface area contributed by atoms with E-state index in [-0.39, 0.29) is 18.6 Å². The SMILES string of the molecule is C1CCCCC1.C1CCCCC1.C1CCCCC1.C1CCCCC1.OCC1(CO)CCCCC1. The van der Waals surface area contributed by atoms with Crippen LogP contribution >= 0.6 is 0 Å². The Labute approximate surface area is 215 Å². The van der Waals surface area contributed by atoms with Crippen molar-refractivity contribution in [2.24, 2.45) is 5.41 Å². The van der Waals surface area contributed by atoms with Crippen molar-refractivity contribution in [3.8, 4) is 0 Å². The van der Waals surface area contributed by atoms with Crippen molar-refractivity contribution in [2.75, 3.05) is 13.2 Å². The molecule has 0 bridgehead atoms. The van der Waals surface area contributed by atoms with Crippen molar-refractivity contribution >= 4 is 0 Å². The van der Waals surface area contributed by atoms with Crippen LogP contribution < -0.4 is 0 Å². The average Bonchev–Trinajstić information content (AvgIpc) is 2.98. The van der Waals surface area contributed by atoms with Gasteiger partial charge in [0.1, 0.15) is 0 Å². The van der Waals surface area contributed by atoms with Crippen molar-refractivity contribution in [3.63, 3.8) is 0 Å². The highest BCUT2D eigenvalue weighted by Crippen LogP contribution is 2.34. The lowest BCUT2D eigenvalue weighted by Gasteiger charge is -2.33. The van der Waals surface area contributed by atoms with Crippen molar-refractivity contribution in [3.05, 3.63) is 0 Å². The zero-order chi connectivity index (χ0) is 24.4. The highest BCUT2D eigenvalue weighted by molar-refractivity contribution is 4.81. The molecular formula is C32H64O2. The van der Waals surface area contributed by atoms with Crippen LogP contribution in [0, 0.1) is 5.41 Å². The molecule has 5 aliphatic rings. The molecule has 2 N–H and O–H groups in total. The summed E-state index contributed by atoms with van der Waals surface area (Å²) in [5.41, 5.74) is -0.127. The Morgan fingerprint density at radius 1 is 0.265 bits per heavy atom. The van der Waals surface area contributed by atoms with Crippen LogP contribution in [0.1, 0.15) is 186 Å². The molecule has 2 heteroatoms. The maximum Gasteiger partial charge on any atom is 0.0509 e. The standard InChI is InChI=1S/C8H16O2.4C6H12/c9-6-8(7-10)4-2-1-3-5-8;4*1-2-4-6-5-3-1/h9-10H,1-7H2;4*1-6H2. The van der Waals surface area contributed by atoms with E-state index in [4.69, 9.17) is 10.2 Å². The summed E-state index contributed by atoms with van der Waals surface area (Å²) in [5, 5.41) is 18.0. The summed E-state index contributed by atoms with van der Waals surface area (Å²) >= 11 is 0. The van der Waals surface area contributed by atoms with Gasteiger partial charge in [0, 0.05) is 5.41 Å². The van der Waals surface area contributed by atoms with Crippen LogP contribution in [0.3, 0.4) is 0 Å². The van der Waals surface area contributed by atoms with Crippen LogP contribution in [0.5, 0.6) is 0 Å². The fraction of sp³-hybridized carbons (Fsp3) is 1.00. The van der Waals surface area contributed by atoms with Gasteiger partial charge in [0.2, 0.25) is 0 Å². The molecule has 34 heavy (non-hydrogen) atoms. The molecule has 5 aliphatic carbocycles. The third-order valence-corrected chi connectivity index (χ3v) is 8.59. The van der Waals surface area contributed by atoms with Crippen LogP contribution in [0.15, 0.2) is 0 Å². The molecule has 0 atom stereocenters. The van der Waals surface area contributed by atoms with Gasteiger partial charge in [-0.1, -0.05) is 173 Å². The van der Waals surface area contributed by atoms with Gasteiger partial charge < -0.3 is 10.2 Å². The number of aliphatic hydroxyl groups excluding tert-OH is 2. The fourth-order valence-electron chi connectivity index (χ4n) is 5.91. The molecule has 5 rings (SSSR count). The van der Waals surface area contributed by atoms with E-state index in [2.05, 4.69) is 0 Å².